The Bertz CT molecular complexity index is 758. The summed E-state index contributed by atoms with van der Waals surface area (Å²) in [5.41, 5.74) is 2.27. The number of carbonyl (C=O) groups is 1. The molecule has 114 valence electrons. The van der Waals surface area contributed by atoms with Gasteiger partial charge in [0.15, 0.2) is 5.82 Å². The van der Waals surface area contributed by atoms with E-state index >= 15 is 0 Å². The summed E-state index contributed by atoms with van der Waals surface area (Å²) in [6.07, 6.45) is 2.81. The van der Waals surface area contributed by atoms with Gasteiger partial charge in [-0.1, -0.05) is 0 Å². The summed E-state index contributed by atoms with van der Waals surface area (Å²) >= 11 is 0. The van der Waals surface area contributed by atoms with E-state index in [1.54, 1.807) is 12.3 Å². The van der Waals surface area contributed by atoms with Gasteiger partial charge >= 0.3 is 0 Å². The zero-order chi connectivity index (χ0) is 15.6. The van der Waals surface area contributed by atoms with Gasteiger partial charge in [0.1, 0.15) is 15.5 Å². The number of H-pyrrole nitrogens is 1. The molecular weight excluding hydrogens is 292 g/mol. The standard InChI is InChI=1S/C13H18N4O3S/c1-9-8-10(2)14-12(9)13(18)15-11-4-5-17(16-11)6-7-21(3,19)20/h4-5,8,14H,6-7H2,1-3H3,(H,15,16,18). The van der Waals surface area contributed by atoms with E-state index in [9.17, 15) is 13.2 Å². The van der Waals surface area contributed by atoms with Gasteiger partial charge in [-0.25, -0.2) is 8.42 Å². The number of carbonyl (C=O) groups excluding carboxylic acids is 1. The second-order valence-electron chi connectivity index (χ2n) is 5.06. The van der Waals surface area contributed by atoms with Crippen LogP contribution < -0.4 is 5.32 Å². The highest BCUT2D eigenvalue weighted by molar-refractivity contribution is 7.90. The van der Waals surface area contributed by atoms with E-state index in [0.29, 0.717) is 11.5 Å². The van der Waals surface area contributed by atoms with Gasteiger partial charge in [0.05, 0.1) is 12.3 Å². The van der Waals surface area contributed by atoms with Crippen LogP contribution >= 0.6 is 0 Å². The summed E-state index contributed by atoms with van der Waals surface area (Å²) in [5.74, 6) is 0.130. The van der Waals surface area contributed by atoms with Crippen molar-refractivity contribution in [3.63, 3.8) is 0 Å². The maximum atomic E-state index is 12.1. The van der Waals surface area contributed by atoms with Gasteiger partial charge < -0.3 is 10.3 Å². The van der Waals surface area contributed by atoms with Gasteiger partial charge in [-0.05, 0) is 25.5 Å². The normalized spacial score (nSPS) is 11.6. The second kappa shape index (κ2) is 5.72. The third kappa shape index (κ3) is 4.19. The average Bonchev–Trinajstić information content (AvgIpc) is 2.92. The molecule has 0 aliphatic heterocycles. The molecule has 2 aromatic rings. The van der Waals surface area contributed by atoms with Crippen LogP contribution in [0.4, 0.5) is 5.82 Å². The van der Waals surface area contributed by atoms with Crippen LogP contribution in [0, 0.1) is 13.8 Å². The minimum absolute atomic E-state index is 0.0109. The van der Waals surface area contributed by atoms with E-state index in [-0.39, 0.29) is 18.2 Å². The number of aromatic nitrogens is 3. The Morgan fingerprint density at radius 2 is 2.14 bits per heavy atom. The van der Waals surface area contributed by atoms with Gasteiger partial charge in [-0.15, -0.1) is 0 Å². The van der Waals surface area contributed by atoms with Crippen molar-refractivity contribution in [3.05, 3.63) is 35.3 Å². The van der Waals surface area contributed by atoms with Crippen LogP contribution in [0.2, 0.25) is 0 Å². The molecule has 2 N–H and O–H groups in total. The molecule has 0 atom stereocenters. The average molecular weight is 310 g/mol. The number of hydrogen-bond acceptors (Lipinski definition) is 4. The number of amides is 1. The topological polar surface area (TPSA) is 96.8 Å². The Balaban J connectivity index is 2.02. The molecule has 7 nitrogen and oxygen atoms in total. The molecule has 2 aromatic heterocycles. The Morgan fingerprint density at radius 1 is 1.43 bits per heavy atom. The lowest BCUT2D eigenvalue weighted by atomic mass is 10.2. The molecule has 0 aromatic carbocycles. The van der Waals surface area contributed by atoms with Crippen LogP contribution in [-0.4, -0.2) is 41.1 Å². The first-order valence-electron chi connectivity index (χ1n) is 6.43. The highest BCUT2D eigenvalue weighted by Gasteiger charge is 2.13. The second-order valence-corrected chi connectivity index (χ2v) is 7.32. The molecular formula is C13H18N4O3S. The van der Waals surface area contributed by atoms with Gasteiger partial charge in [0.25, 0.3) is 5.91 Å². The molecule has 2 heterocycles. The number of nitrogens with one attached hydrogen (secondary N) is 2. The third-order valence-corrected chi connectivity index (χ3v) is 3.87. The summed E-state index contributed by atoms with van der Waals surface area (Å²) in [7, 11) is -3.04. The zero-order valence-electron chi connectivity index (χ0n) is 12.2. The SMILES string of the molecule is Cc1cc(C)c(C(=O)Nc2ccn(CCS(C)(=O)=O)n2)[nH]1. The molecule has 2 rings (SSSR count). The number of anilines is 1. The van der Waals surface area contributed by atoms with Crippen molar-refractivity contribution in [3.8, 4) is 0 Å². The number of rotatable bonds is 5. The van der Waals surface area contributed by atoms with Crippen LogP contribution in [-0.2, 0) is 16.4 Å². The number of sulfone groups is 1. The van der Waals surface area contributed by atoms with Crippen molar-refractivity contribution in [2.75, 3.05) is 17.3 Å². The monoisotopic (exact) mass is 310 g/mol. The molecule has 8 heteroatoms. The molecule has 1 amide bonds. The molecule has 0 saturated carbocycles. The predicted molar refractivity (Wildman–Crippen MR) is 80.2 cm³/mol. The maximum Gasteiger partial charge on any atom is 0.273 e. The van der Waals surface area contributed by atoms with Crippen LogP contribution in [0.15, 0.2) is 18.3 Å². The van der Waals surface area contributed by atoms with E-state index in [1.807, 2.05) is 19.9 Å². The molecule has 0 bridgehead atoms. The zero-order valence-corrected chi connectivity index (χ0v) is 13.0. The fourth-order valence-corrected chi connectivity index (χ4v) is 2.47. The van der Waals surface area contributed by atoms with E-state index in [2.05, 4.69) is 15.4 Å². The lowest BCUT2D eigenvalue weighted by molar-refractivity contribution is 0.102. The van der Waals surface area contributed by atoms with E-state index < -0.39 is 9.84 Å². The predicted octanol–water partition coefficient (Wildman–Crippen LogP) is 1.12. The molecule has 0 fully saturated rings. The van der Waals surface area contributed by atoms with Crippen molar-refractivity contribution in [2.24, 2.45) is 0 Å². The Morgan fingerprint density at radius 3 is 2.71 bits per heavy atom. The number of hydrogen-bond donors (Lipinski definition) is 2. The summed E-state index contributed by atoms with van der Waals surface area (Å²) < 4.78 is 23.7. The first-order chi connectivity index (χ1) is 9.74. The summed E-state index contributed by atoms with van der Waals surface area (Å²) in [6.45, 7) is 3.99. The third-order valence-electron chi connectivity index (χ3n) is 2.95. The van der Waals surface area contributed by atoms with Gasteiger partial charge in [0.2, 0.25) is 0 Å². The molecule has 0 radical (unpaired) electrons. The molecule has 0 spiro atoms. The van der Waals surface area contributed by atoms with Crippen molar-refractivity contribution in [1.82, 2.24) is 14.8 Å². The Hall–Kier alpha value is -2.09. The number of nitrogens with zero attached hydrogens (tertiary/aromatic N) is 2. The lowest BCUT2D eigenvalue weighted by Crippen LogP contribution is -2.15. The fraction of sp³-hybridized carbons (Fsp3) is 0.385. The fourth-order valence-electron chi connectivity index (χ4n) is 1.96. The molecule has 21 heavy (non-hydrogen) atoms. The van der Waals surface area contributed by atoms with E-state index in [0.717, 1.165) is 11.3 Å². The van der Waals surface area contributed by atoms with Crippen LogP contribution in [0.5, 0.6) is 0 Å². The minimum Gasteiger partial charge on any atom is -0.354 e. The van der Waals surface area contributed by atoms with Crippen molar-refractivity contribution < 1.29 is 13.2 Å². The molecule has 0 unspecified atom stereocenters. The maximum absolute atomic E-state index is 12.1. The smallest absolute Gasteiger partial charge is 0.273 e. The van der Waals surface area contributed by atoms with Gasteiger partial charge in [0, 0.05) is 24.2 Å². The minimum atomic E-state index is -3.04. The van der Waals surface area contributed by atoms with Crippen LogP contribution in [0.3, 0.4) is 0 Å². The lowest BCUT2D eigenvalue weighted by Gasteiger charge is -2.02. The first kappa shape index (κ1) is 15.3. The van der Waals surface area contributed by atoms with Crippen LogP contribution in [0.1, 0.15) is 21.7 Å². The highest BCUT2D eigenvalue weighted by atomic mass is 32.2. The highest BCUT2D eigenvalue weighted by Crippen LogP contribution is 2.11. The van der Waals surface area contributed by atoms with E-state index in [4.69, 9.17) is 0 Å². The molecule has 0 saturated heterocycles. The van der Waals surface area contributed by atoms with Crippen LogP contribution in [0.25, 0.3) is 0 Å². The van der Waals surface area contributed by atoms with E-state index in [1.165, 1.54) is 10.9 Å². The van der Waals surface area contributed by atoms with Crippen molar-refractivity contribution in [1.29, 1.82) is 0 Å². The van der Waals surface area contributed by atoms with Crippen molar-refractivity contribution >= 4 is 21.6 Å². The largest absolute Gasteiger partial charge is 0.354 e. The number of aromatic amines is 1. The Kier molecular flexibility index (Phi) is 4.17. The summed E-state index contributed by atoms with van der Waals surface area (Å²) in [6, 6.07) is 3.52. The van der Waals surface area contributed by atoms with Gasteiger partial charge in [-0.3, -0.25) is 9.48 Å². The first-order valence-corrected chi connectivity index (χ1v) is 8.49. The summed E-state index contributed by atoms with van der Waals surface area (Å²) in [5, 5.41) is 6.80. The van der Waals surface area contributed by atoms with Gasteiger partial charge in [-0.2, -0.15) is 5.10 Å². The molecule has 0 aliphatic carbocycles. The Labute approximate surface area is 123 Å². The summed E-state index contributed by atoms with van der Waals surface area (Å²) in [4.78, 5) is 15.1. The number of aryl methyl sites for hydroxylation is 3. The molecule has 0 aliphatic rings. The van der Waals surface area contributed by atoms with Crippen molar-refractivity contribution in [2.45, 2.75) is 20.4 Å². The quantitative estimate of drug-likeness (QED) is 0.865.